The van der Waals surface area contributed by atoms with Crippen LogP contribution in [0.3, 0.4) is 0 Å². The number of hydrogen-bond acceptors (Lipinski definition) is 6. The number of nitrogens with zero attached hydrogens (tertiary/aromatic N) is 2. The van der Waals surface area contributed by atoms with Gasteiger partial charge in [-0.25, -0.2) is 4.57 Å². The third-order valence-corrected chi connectivity index (χ3v) is 6.74. The van der Waals surface area contributed by atoms with E-state index in [1.165, 1.54) is 0 Å². The highest BCUT2D eigenvalue weighted by Crippen LogP contribution is 2.51. The lowest BCUT2D eigenvalue weighted by Crippen LogP contribution is -2.41. The summed E-state index contributed by atoms with van der Waals surface area (Å²) in [5.41, 5.74) is 9.91. The lowest BCUT2D eigenvalue weighted by atomic mass is 9.70. The van der Waals surface area contributed by atoms with E-state index in [1.807, 2.05) is 53.1 Å². The highest BCUT2D eigenvalue weighted by Gasteiger charge is 2.45. The van der Waals surface area contributed by atoms with Gasteiger partial charge in [0, 0.05) is 18.4 Å². The van der Waals surface area contributed by atoms with E-state index in [9.17, 15) is 4.79 Å². The number of methoxy groups -OCH3 is 2. The molecule has 0 saturated heterocycles. The second kappa shape index (κ2) is 8.73. The zero-order chi connectivity index (χ0) is 24.7. The Morgan fingerprint density at radius 3 is 2.54 bits per heavy atom. The van der Waals surface area contributed by atoms with E-state index < -0.39 is 5.92 Å². The predicted octanol–water partition coefficient (Wildman–Crippen LogP) is 4.18. The quantitative estimate of drug-likeness (QED) is 0.561. The Morgan fingerprint density at radius 1 is 1.09 bits per heavy atom. The monoisotopic (exact) mass is 472 g/mol. The zero-order valence-electron chi connectivity index (χ0n) is 20.5. The Hall–Kier alpha value is -3.87. The topological polar surface area (TPSA) is 87.6 Å². The summed E-state index contributed by atoms with van der Waals surface area (Å²) < 4.78 is 19.2. The molecule has 0 bridgehead atoms. The second-order valence-electron chi connectivity index (χ2n) is 9.89. The smallest absolute Gasteiger partial charge is 0.305 e. The van der Waals surface area contributed by atoms with Crippen molar-refractivity contribution in [3.8, 4) is 17.4 Å². The van der Waals surface area contributed by atoms with Crippen molar-refractivity contribution in [3.63, 3.8) is 0 Å². The molecule has 5 rings (SSSR count). The maximum atomic E-state index is 13.5. The molecule has 2 aliphatic rings. The number of nitrogen functional groups attached to an aromatic ring is 1. The molecule has 7 nitrogen and oxygen atoms in total. The Bertz CT molecular complexity index is 1330. The van der Waals surface area contributed by atoms with E-state index >= 15 is 0 Å². The van der Waals surface area contributed by atoms with Gasteiger partial charge in [-0.05, 0) is 28.7 Å². The molecule has 180 valence electrons. The number of Topliss-reactive ketones (excluding diaryl/α,β-unsaturated/α-hetero) is 1. The van der Waals surface area contributed by atoms with Gasteiger partial charge in [-0.2, -0.15) is 0 Å². The molecule has 2 aromatic carbocycles. The van der Waals surface area contributed by atoms with Crippen molar-refractivity contribution in [1.29, 1.82) is 0 Å². The second-order valence-corrected chi connectivity index (χ2v) is 9.89. The summed E-state index contributed by atoms with van der Waals surface area (Å²) in [5, 5.41) is 0. The Morgan fingerprint density at radius 2 is 1.83 bits per heavy atom. The van der Waals surface area contributed by atoms with Gasteiger partial charge in [-0.1, -0.05) is 55.2 Å². The first kappa shape index (κ1) is 22.9. The lowest BCUT2D eigenvalue weighted by Gasteiger charge is -2.37. The highest BCUT2D eigenvalue weighted by molar-refractivity contribution is 6.00. The number of fused-ring (bicyclic) bond motifs is 1. The fourth-order valence-electron chi connectivity index (χ4n) is 5.09. The highest BCUT2D eigenvalue weighted by atomic mass is 16.5. The minimum absolute atomic E-state index is 0.0690. The van der Waals surface area contributed by atoms with Crippen LogP contribution in [0.25, 0.3) is 0 Å². The predicted molar refractivity (Wildman–Crippen MR) is 131 cm³/mol. The fourth-order valence-corrected chi connectivity index (χ4v) is 5.09. The van der Waals surface area contributed by atoms with Crippen molar-refractivity contribution < 1.29 is 23.6 Å². The summed E-state index contributed by atoms with van der Waals surface area (Å²) in [6, 6.07) is 15.8. The van der Waals surface area contributed by atoms with E-state index in [0.29, 0.717) is 59.5 Å². The number of allylic oxidation sites excluding steroid dienone is 2. The number of ketones is 1. The molecule has 35 heavy (non-hydrogen) atoms. The summed E-state index contributed by atoms with van der Waals surface area (Å²) in [7, 11) is 3.20. The molecule has 3 aromatic rings. The van der Waals surface area contributed by atoms with Crippen LogP contribution in [0.1, 0.15) is 49.3 Å². The SMILES string of the molecule is COc1ccc([C@H]2C3=C(CC(C)(C)CC3=O)Oc3nc[n+](Cc4ccccc4)c(N)c32)cc1OC. The van der Waals surface area contributed by atoms with E-state index in [-0.39, 0.29) is 11.2 Å². The van der Waals surface area contributed by atoms with Gasteiger partial charge >= 0.3 is 5.88 Å². The molecular formula is C28H30N3O4+. The van der Waals surface area contributed by atoms with E-state index in [4.69, 9.17) is 19.9 Å². The zero-order valence-corrected chi connectivity index (χ0v) is 20.5. The lowest BCUT2D eigenvalue weighted by molar-refractivity contribution is -0.677. The molecule has 0 amide bonds. The third kappa shape index (κ3) is 4.11. The van der Waals surface area contributed by atoms with Gasteiger partial charge in [0.15, 0.2) is 17.3 Å². The van der Waals surface area contributed by atoms with Crippen LogP contribution in [0.2, 0.25) is 0 Å². The van der Waals surface area contributed by atoms with Gasteiger partial charge in [-0.3, -0.25) is 4.79 Å². The van der Waals surface area contributed by atoms with Crippen LogP contribution in [0.5, 0.6) is 17.4 Å². The van der Waals surface area contributed by atoms with Gasteiger partial charge in [0.1, 0.15) is 11.3 Å². The minimum atomic E-state index is -0.423. The van der Waals surface area contributed by atoms with Crippen LogP contribution in [0.4, 0.5) is 5.82 Å². The van der Waals surface area contributed by atoms with Crippen LogP contribution in [-0.2, 0) is 11.3 Å². The van der Waals surface area contributed by atoms with Gasteiger partial charge < -0.3 is 19.9 Å². The number of ether oxygens (including phenoxy) is 3. The Balaban J connectivity index is 1.70. The summed E-state index contributed by atoms with van der Waals surface area (Å²) in [6.07, 6.45) is 2.80. The first-order valence-corrected chi connectivity index (χ1v) is 11.7. The maximum absolute atomic E-state index is 13.5. The number of carbonyl (C=O) groups excluding carboxylic acids is 1. The van der Waals surface area contributed by atoms with Gasteiger partial charge in [0.2, 0.25) is 12.1 Å². The number of benzene rings is 2. The summed E-state index contributed by atoms with van der Waals surface area (Å²) in [5.74, 6) is 2.48. The molecular weight excluding hydrogens is 442 g/mol. The van der Waals surface area contributed by atoms with Gasteiger partial charge in [-0.15, -0.1) is 0 Å². The molecule has 1 aliphatic carbocycles. The van der Waals surface area contributed by atoms with Crippen LogP contribution >= 0.6 is 0 Å². The molecule has 1 aliphatic heterocycles. The van der Waals surface area contributed by atoms with Crippen molar-refractivity contribution in [2.45, 2.75) is 39.2 Å². The van der Waals surface area contributed by atoms with Crippen LogP contribution in [-0.4, -0.2) is 25.0 Å². The molecule has 1 atom stereocenters. The van der Waals surface area contributed by atoms with Gasteiger partial charge in [0.25, 0.3) is 0 Å². The summed E-state index contributed by atoms with van der Waals surface area (Å²) in [4.78, 5) is 18.2. The van der Waals surface area contributed by atoms with Crippen molar-refractivity contribution >= 4 is 11.6 Å². The summed E-state index contributed by atoms with van der Waals surface area (Å²) >= 11 is 0. The first-order chi connectivity index (χ1) is 16.8. The van der Waals surface area contributed by atoms with Crippen LogP contribution in [0.15, 0.2) is 66.2 Å². The Labute approximate surface area is 205 Å². The third-order valence-electron chi connectivity index (χ3n) is 6.74. The molecule has 0 radical (unpaired) electrons. The fraction of sp³-hybridized carbons (Fsp3) is 0.321. The molecule has 0 spiro atoms. The standard InChI is InChI=1S/C28H29N3O4/c1-28(2)13-19(32)24-22(14-28)35-27-25(23(24)18-10-11-20(33-3)21(12-18)34-4)26(29)31(16-30-27)15-17-8-6-5-7-9-17/h5-12,16,23,29H,13-15H2,1-4H3/p+1/t23-/m0/s1. The van der Waals surface area contributed by atoms with Crippen LogP contribution in [0, 0.1) is 5.41 Å². The molecule has 1 aromatic heterocycles. The summed E-state index contributed by atoms with van der Waals surface area (Å²) in [6.45, 7) is 4.72. The van der Waals surface area contributed by atoms with Crippen molar-refractivity contribution in [3.05, 3.63) is 82.9 Å². The maximum Gasteiger partial charge on any atom is 0.305 e. The average Bonchev–Trinajstić information content (AvgIpc) is 2.84. The van der Waals surface area contributed by atoms with E-state index in [2.05, 4.69) is 18.8 Å². The first-order valence-electron chi connectivity index (χ1n) is 11.7. The number of aromatic nitrogens is 2. The average molecular weight is 473 g/mol. The number of hydrogen-bond donors (Lipinski definition) is 1. The Kier molecular flexibility index (Phi) is 5.71. The normalized spacial score (nSPS) is 18.4. The van der Waals surface area contributed by atoms with Gasteiger partial charge in [0.05, 0.1) is 26.7 Å². The molecule has 0 unspecified atom stereocenters. The van der Waals surface area contributed by atoms with Crippen molar-refractivity contribution in [1.82, 2.24) is 4.98 Å². The van der Waals surface area contributed by atoms with E-state index in [0.717, 1.165) is 11.1 Å². The molecule has 0 saturated carbocycles. The number of carbonyl (C=O) groups is 1. The van der Waals surface area contributed by atoms with Crippen molar-refractivity contribution in [2.75, 3.05) is 20.0 Å². The number of anilines is 1. The molecule has 2 N–H and O–H groups in total. The number of nitrogens with two attached hydrogens (primary N) is 1. The number of rotatable bonds is 5. The van der Waals surface area contributed by atoms with Crippen molar-refractivity contribution in [2.24, 2.45) is 5.41 Å². The molecule has 2 heterocycles. The largest absolute Gasteiger partial charge is 0.493 e. The molecule has 7 heteroatoms. The minimum Gasteiger partial charge on any atom is -0.493 e. The molecule has 0 fully saturated rings. The van der Waals surface area contributed by atoms with E-state index in [1.54, 1.807) is 20.5 Å². The van der Waals surface area contributed by atoms with Crippen LogP contribution < -0.4 is 24.5 Å².